The summed E-state index contributed by atoms with van der Waals surface area (Å²) >= 11 is 9.73. The van der Waals surface area contributed by atoms with Crippen molar-refractivity contribution in [3.8, 4) is 11.1 Å². The third-order valence-corrected chi connectivity index (χ3v) is 5.17. The first kappa shape index (κ1) is 18.5. The quantitative estimate of drug-likeness (QED) is 0.289. The van der Waals surface area contributed by atoms with E-state index in [-0.39, 0.29) is 5.91 Å². The fourth-order valence-corrected chi connectivity index (χ4v) is 3.51. The molecular weight excluding hydrogens is 438 g/mol. The first-order chi connectivity index (χ1) is 13.6. The van der Waals surface area contributed by atoms with Crippen molar-refractivity contribution in [1.29, 1.82) is 0 Å². The molecule has 28 heavy (non-hydrogen) atoms. The lowest BCUT2D eigenvalue weighted by Gasteiger charge is -2.04. The zero-order valence-electron chi connectivity index (χ0n) is 14.6. The number of nitrogens with one attached hydrogen (secondary N) is 2. The van der Waals surface area contributed by atoms with Crippen LogP contribution in [0.5, 0.6) is 0 Å². The molecule has 1 aromatic heterocycles. The molecule has 6 heteroatoms. The number of hydrogen-bond donors (Lipinski definition) is 2. The van der Waals surface area contributed by atoms with Gasteiger partial charge in [0.25, 0.3) is 5.91 Å². The predicted octanol–water partition coefficient (Wildman–Crippen LogP) is 6.01. The molecule has 3 aromatic carbocycles. The summed E-state index contributed by atoms with van der Waals surface area (Å²) in [5.74, 6) is -0.334. The van der Waals surface area contributed by atoms with Crippen LogP contribution in [-0.2, 0) is 0 Å². The number of H-pyrrole nitrogens is 1. The number of halogens is 2. The summed E-state index contributed by atoms with van der Waals surface area (Å²) in [5, 5.41) is 5.53. The van der Waals surface area contributed by atoms with Gasteiger partial charge in [-0.15, -0.1) is 0 Å². The largest absolute Gasteiger partial charge is 0.349 e. The monoisotopic (exact) mass is 451 g/mol. The van der Waals surface area contributed by atoms with Crippen LogP contribution in [0, 0.1) is 0 Å². The van der Waals surface area contributed by atoms with Crippen LogP contribution < -0.4 is 5.43 Å². The summed E-state index contributed by atoms with van der Waals surface area (Å²) in [4.78, 5) is 16.0. The van der Waals surface area contributed by atoms with E-state index < -0.39 is 0 Å². The fourth-order valence-electron chi connectivity index (χ4n) is 3.03. The van der Waals surface area contributed by atoms with E-state index in [1.807, 2.05) is 66.7 Å². The van der Waals surface area contributed by atoms with Crippen LogP contribution in [0.15, 0.2) is 82.4 Å². The van der Waals surface area contributed by atoms with Crippen molar-refractivity contribution in [2.45, 2.75) is 0 Å². The standard InChI is InChI=1S/C22H15BrClN3O/c23-16-11-9-14(10-12-16)13-25-27-22(28)21-19(15-5-2-1-3-6-15)17-7-4-8-18(24)20(17)26-21/h1-13,26H,(H,27,28)/b25-13+. The van der Waals surface area contributed by atoms with Gasteiger partial charge in [0.05, 0.1) is 16.8 Å². The number of hydrazone groups is 1. The minimum Gasteiger partial charge on any atom is -0.349 e. The SMILES string of the molecule is O=C(N/N=C/c1ccc(Br)cc1)c1[nH]c2c(Cl)cccc2c1-c1ccccc1. The van der Waals surface area contributed by atoms with E-state index >= 15 is 0 Å². The number of hydrogen-bond acceptors (Lipinski definition) is 2. The molecule has 0 bridgehead atoms. The van der Waals surface area contributed by atoms with E-state index in [1.165, 1.54) is 0 Å². The topological polar surface area (TPSA) is 57.2 Å². The first-order valence-electron chi connectivity index (χ1n) is 8.58. The first-order valence-corrected chi connectivity index (χ1v) is 9.75. The van der Waals surface area contributed by atoms with E-state index in [0.29, 0.717) is 10.7 Å². The van der Waals surface area contributed by atoms with Gasteiger partial charge in [-0.2, -0.15) is 5.10 Å². The smallest absolute Gasteiger partial charge is 0.288 e. The number of para-hydroxylation sites is 1. The highest BCUT2D eigenvalue weighted by Crippen LogP contribution is 2.35. The predicted molar refractivity (Wildman–Crippen MR) is 118 cm³/mol. The maximum atomic E-state index is 12.9. The van der Waals surface area contributed by atoms with Crippen LogP contribution in [0.2, 0.25) is 5.02 Å². The Labute approximate surface area is 175 Å². The minimum atomic E-state index is -0.334. The average molecular weight is 453 g/mol. The Hall–Kier alpha value is -2.89. The van der Waals surface area contributed by atoms with Crippen molar-refractivity contribution in [3.05, 3.63) is 93.5 Å². The summed E-state index contributed by atoms with van der Waals surface area (Å²) in [6.45, 7) is 0. The van der Waals surface area contributed by atoms with Gasteiger partial charge in [-0.3, -0.25) is 4.79 Å². The maximum Gasteiger partial charge on any atom is 0.288 e. The minimum absolute atomic E-state index is 0.334. The second-order valence-electron chi connectivity index (χ2n) is 6.15. The van der Waals surface area contributed by atoms with Crippen molar-refractivity contribution in [2.24, 2.45) is 5.10 Å². The summed E-state index contributed by atoms with van der Waals surface area (Å²) in [5.41, 5.74) is 6.35. The maximum absolute atomic E-state index is 12.9. The number of carbonyl (C=O) groups is 1. The summed E-state index contributed by atoms with van der Waals surface area (Å²) in [7, 11) is 0. The van der Waals surface area contributed by atoms with Gasteiger partial charge in [-0.05, 0) is 29.3 Å². The lowest BCUT2D eigenvalue weighted by Crippen LogP contribution is -2.18. The van der Waals surface area contributed by atoms with Gasteiger partial charge in [0.2, 0.25) is 0 Å². The molecule has 1 amide bonds. The van der Waals surface area contributed by atoms with Crippen LogP contribution in [0.25, 0.3) is 22.0 Å². The Morgan fingerprint density at radius 1 is 1.00 bits per heavy atom. The zero-order valence-corrected chi connectivity index (χ0v) is 17.0. The third-order valence-electron chi connectivity index (χ3n) is 4.32. The molecule has 4 aromatic rings. The number of benzene rings is 3. The highest BCUT2D eigenvalue weighted by molar-refractivity contribution is 9.10. The molecular formula is C22H15BrClN3O. The Kier molecular flexibility index (Phi) is 5.28. The van der Waals surface area contributed by atoms with E-state index in [4.69, 9.17) is 11.6 Å². The number of amides is 1. The van der Waals surface area contributed by atoms with Crippen LogP contribution in [-0.4, -0.2) is 17.1 Å². The molecule has 0 aliphatic rings. The number of aromatic nitrogens is 1. The number of fused-ring (bicyclic) bond motifs is 1. The molecule has 0 atom stereocenters. The highest BCUT2D eigenvalue weighted by Gasteiger charge is 2.20. The van der Waals surface area contributed by atoms with E-state index in [1.54, 1.807) is 12.3 Å². The van der Waals surface area contributed by atoms with Gasteiger partial charge >= 0.3 is 0 Å². The number of rotatable bonds is 4. The number of aromatic amines is 1. The summed E-state index contributed by atoms with van der Waals surface area (Å²) in [6, 6.07) is 23.0. The molecule has 0 fully saturated rings. The van der Waals surface area contributed by atoms with Gasteiger partial charge in [-0.1, -0.05) is 82.1 Å². The second-order valence-corrected chi connectivity index (χ2v) is 7.48. The highest BCUT2D eigenvalue weighted by atomic mass is 79.9. The van der Waals surface area contributed by atoms with Gasteiger partial charge in [0.15, 0.2) is 0 Å². The Morgan fingerprint density at radius 2 is 1.75 bits per heavy atom. The van der Waals surface area contributed by atoms with Crippen LogP contribution in [0.1, 0.15) is 16.1 Å². The summed E-state index contributed by atoms with van der Waals surface area (Å²) < 4.78 is 0.983. The lowest BCUT2D eigenvalue weighted by molar-refractivity contribution is 0.0951. The van der Waals surface area contributed by atoms with Crippen LogP contribution in [0.4, 0.5) is 0 Å². The molecule has 0 saturated carbocycles. The van der Waals surface area contributed by atoms with Gasteiger partial charge in [0.1, 0.15) is 5.69 Å². The van der Waals surface area contributed by atoms with E-state index in [9.17, 15) is 4.79 Å². The molecule has 4 rings (SSSR count). The second kappa shape index (κ2) is 8.00. The molecule has 0 unspecified atom stereocenters. The number of carbonyl (C=O) groups excluding carboxylic acids is 1. The molecule has 1 heterocycles. The van der Waals surface area contributed by atoms with Crippen molar-refractivity contribution in [3.63, 3.8) is 0 Å². The zero-order chi connectivity index (χ0) is 19.5. The van der Waals surface area contributed by atoms with Crippen molar-refractivity contribution in [2.75, 3.05) is 0 Å². The summed E-state index contributed by atoms with van der Waals surface area (Å²) in [6.07, 6.45) is 1.60. The Morgan fingerprint density at radius 3 is 2.50 bits per heavy atom. The van der Waals surface area contributed by atoms with Crippen LogP contribution in [0.3, 0.4) is 0 Å². The van der Waals surface area contributed by atoms with Crippen LogP contribution >= 0.6 is 27.5 Å². The fraction of sp³-hybridized carbons (Fsp3) is 0. The molecule has 2 N–H and O–H groups in total. The molecule has 4 nitrogen and oxygen atoms in total. The number of nitrogens with zero attached hydrogens (tertiary/aromatic N) is 1. The Bertz CT molecular complexity index is 1170. The van der Waals surface area contributed by atoms with Crippen molar-refractivity contribution in [1.82, 2.24) is 10.4 Å². The molecule has 0 spiro atoms. The van der Waals surface area contributed by atoms with Gasteiger partial charge in [-0.25, -0.2) is 5.43 Å². The Balaban J connectivity index is 1.70. The van der Waals surface area contributed by atoms with Gasteiger partial charge < -0.3 is 4.98 Å². The average Bonchev–Trinajstić information content (AvgIpc) is 3.11. The van der Waals surface area contributed by atoms with Crippen molar-refractivity contribution < 1.29 is 4.79 Å². The molecule has 0 aliphatic carbocycles. The normalized spacial score (nSPS) is 11.2. The van der Waals surface area contributed by atoms with E-state index in [0.717, 1.165) is 32.1 Å². The third kappa shape index (κ3) is 3.72. The molecule has 0 aliphatic heterocycles. The van der Waals surface area contributed by atoms with E-state index in [2.05, 4.69) is 31.4 Å². The molecule has 138 valence electrons. The lowest BCUT2D eigenvalue weighted by atomic mass is 10.0. The molecule has 0 radical (unpaired) electrons. The van der Waals surface area contributed by atoms with Crippen molar-refractivity contribution >= 4 is 50.6 Å². The van der Waals surface area contributed by atoms with Gasteiger partial charge in [0, 0.05) is 15.4 Å². The molecule has 0 saturated heterocycles.